The van der Waals surface area contributed by atoms with E-state index in [0.29, 0.717) is 0 Å². The second-order valence-electron chi connectivity index (χ2n) is 7.72. The molecule has 2 rings (SSSR count). The summed E-state index contributed by atoms with van der Waals surface area (Å²) in [6.07, 6.45) is 17.5. The molecule has 0 bridgehead atoms. The Morgan fingerprint density at radius 3 is 1.85 bits per heavy atom. The molecule has 0 aliphatic carbocycles. The van der Waals surface area contributed by atoms with E-state index in [0.717, 1.165) is 6.54 Å². The Kier molecular flexibility index (Phi) is 10.1. The molecule has 0 spiro atoms. The summed E-state index contributed by atoms with van der Waals surface area (Å²) in [7, 11) is 0. The Morgan fingerprint density at radius 2 is 1.23 bits per heavy atom. The van der Waals surface area contributed by atoms with Crippen molar-refractivity contribution in [3.63, 3.8) is 0 Å². The van der Waals surface area contributed by atoms with Crippen LogP contribution >= 0.6 is 0 Å². The van der Waals surface area contributed by atoms with Crippen LogP contribution in [0.3, 0.4) is 0 Å². The van der Waals surface area contributed by atoms with Crippen LogP contribution in [-0.2, 0) is 13.0 Å². The van der Waals surface area contributed by atoms with Gasteiger partial charge in [-0.1, -0.05) is 95.0 Å². The summed E-state index contributed by atoms with van der Waals surface area (Å²) in [5, 5.41) is 0. The van der Waals surface area contributed by atoms with Gasteiger partial charge in [0.1, 0.15) is 0 Å². The summed E-state index contributed by atoms with van der Waals surface area (Å²) < 4.78 is 2.30. The summed E-state index contributed by atoms with van der Waals surface area (Å²) in [5.41, 5.74) is 4.18. The predicted octanol–water partition coefficient (Wildman–Crippen LogP) is 6.79. The number of pyridine rings is 1. The minimum absolute atomic E-state index is 0.964. The highest BCUT2D eigenvalue weighted by molar-refractivity contribution is 5.22. The van der Waals surface area contributed by atoms with Crippen LogP contribution in [-0.4, -0.2) is 0 Å². The topological polar surface area (TPSA) is 3.88 Å². The van der Waals surface area contributed by atoms with E-state index in [-0.39, 0.29) is 0 Å². The number of aryl methyl sites for hydroxylation is 2. The van der Waals surface area contributed by atoms with Gasteiger partial charge < -0.3 is 0 Å². The SMILES string of the molecule is CCCCCCCCCCCCc1ccc(C[n+]2ccccc2C)cc1. The van der Waals surface area contributed by atoms with Crippen molar-refractivity contribution >= 4 is 0 Å². The average Bonchev–Trinajstić information content (AvgIpc) is 2.66. The quantitative estimate of drug-likeness (QED) is 0.276. The molecule has 0 N–H and O–H groups in total. The van der Waals surface area contributed by atoms with E-state index in [1.54, 1.807) is 0 Å². The average molecular weight is 353 g/mol. The normalized spacial score (nSPS) is 11.0. The Bertz CT molecular complexity index is 600. The third-order valence-corrected chi connectivity index (χ3v) is 5.36. The van der Waals surface area contributed by atoms with Gasteiger partial charge in [0.15, 0.2) is 18.4 Å². The lowest BCUT2D eigenvalue weighted by molar-refractivity contribution is -0.694. The summed E-state index contributed by atoms with van der Waals surface area (Å²) in [5.74, 6) is 0. The number of nitrogens with zero attached hydrogens (tertiary/aromatic N) is 1. The molecular weight excluding hydrogens is 314 g/mol. The Morgan fingerprint density at radius 1 is 0.654 bits per heavy atom. The molecule has 1 nitrogen and oxygen atoms in total. The lowest BCUT2D eigenvalue weighted by Crippen LogP contribution is -2.36. The van der Waals surface area contributed by atoms with E-state index in [1.807, 2.05) is 0 Å². The zero-order valence-electron chi connectivity index (χ0n) is 17.1. The van der Waals surface area contributed by atoms with Crippen molar-refractivity contribution < 1.29 is 4.57 Å². The number of benzene rings is 1. The lowest BCUT2D eigenvalue weighted by Gasteiger charge is -2.05. The van der Waals surface area contributed by atoms with Gasteiger partial charge in [0.05, 0.1) is 0 Å². The first-order chi connectivity index (χ1) is 12.8. The van der Waals surface area contributed by atoms with Crippen molar-refractivity contribution in [3.05, 3.63) is 65.5 Å². The summed E-state index contributed by atoms with van der Waals surface area (Å²) in [6, 6.07) is 15.6. The third kappa shape index (κ3) is 8.17. The third-order valence-electron chi connectivity index (χ3n) is 5.36. The van der Waals surface area contributed by atoms with Gasteiger partial charge in [-0.3, -0.25) is 0 Å². The fraction of sp³-hybridized carbons (Fsp3) is 0.560. The van der Waals surface area contributed by atoms with Crippen molar-refractivity contribution in [2.75, 3.05) is 0 Å². The molecule has 26 heavy (non-hydrogen) atoms. The standard InChI is InChI=1S/C25H38N/c1-3-4-5-6-7-8-9-10-11-12-16-24-17-19-25(20-18-24)22-26-21-14-13-15-23(26)2/h13-15,17-21H,3-12,16,22H2,1-2H3/q+1. The minimum atomic E-state index is 0.964. The first-order valence-corrected chi connectivity index (χ1v) is 10.8. The summed E-state index contributed by atoms with van der Waals surface area (Å²) >= 11 is 0. The van der Waals surface area contributed by atoms with E-state index >= 15 is 0 Å². The van der Waals surface area contributed by atoms with E-state index in [9.17, 15) is 0 Å². The molecule has 2 aromatic rings. The molecule has 0 saturated heterocycles. The van der Waals surface area contributed by atoms with Crippen LogP contribution in [0.25, 0.3) is 0 Å². The van der Waals surface area contributed by atoms with Crippen LogP contribution < -0.4 is 4.57 Å². The smallest absolute Gasteiger partial charge is 0.178 e. The zero-order chi connectivity index (χ0) is 18.5. The van der Waals surface area contributed by atoms with Crippen molar-refractivity contribution in [2.45, 2.75) is 91.0 Å². The van der Waals surface area contributed by atoms with E-state index < -0.39 is 0 Å². The molecule has 1 heterocycles. The van der Waals surface area contributed by atoms with Crippen molar-refractivity contribution in [1.82, 2.24) is 0 Å². The number of rotatable bonds is 13. The van der Waals surface area contributed by atoms with Gasteiger partial charge >= 0.3 is 0 Å². The largest absolute Gasteiger partial charge is 0.198 e. The van der Waals surface area contributed by atoms with Gasteiger partial charge in [-0.05, 0) is 18.4 Å². The highest BCUT2D eigenvalue weighted by atomic mass is 14.9. The van der Waals surface area contributed by atoms with E-state index in [1.165, 1.54) is 87.4 Å². The van der Waals surface area contributed by atoms with Crippen molar-refractivity contribution in [2.24, 2.45) is 0 Å². The number of unbranched alkanes of at least 4 members (excludes halogenated alkanes) is 9. The molecule has 0 saturated carbocycles. The molecule has 0 aliphatic heterocycles. The Labute approximate surface area is 161 Å². The first-order valence-electron chi connectivity index (χ1n) is 10.8. The van der Waals surface area contributed by atoms with Gasteiger partial charge in [-0.15, -0.1) is 0 Å². The van der Waals surface area contributed by atoms with Crippen LogP contribution in [0.15, 0.2) is 48.7 Å². The van der Waals surface area contributed by atoms with Crippen LogP contribution in [0.1, 0.15) is 88.0 Å². The monoisotopic (exact) mass is 352 g/mol. The van der Waals surface area contributed by atoms with Crippen molar-refractivity contribution in [3.8, 4) is 0 Å². The Balaban J connectivity index is 1.57. The van der Waals surface area contributed by atoms with E-state index in [2.05, 4.69) is 67.1 Å². The highest BCUT2D eigenvalue weighted by Gasteiger charge is 2.05. The van der Waals surface area contributed by atoms with Gasteiger partial charge in [0.2, 0.25) is 0 Å². The second kappa shape index (κ2) is 12.7. The maximum Gasteiger partial charge on any atom is 0.178 e. The summed E-state index contributed by atoms with van der Waals surface area (Å²) in [4.78, 5) is 0. The zero-order valence-corrected chi connectivity index (χ0v) is 17.1. The second-order valence-corrected chi connectivity index (χ2v) is 7.72. The van der Waals surface area contributed by atoms with E-state index in [4.69, 9.17) is 0 Å². The van der Waals surface area contributed by atoms with Gasteiger partial charge in [0, 0.05) is 24.6 Å². The first kappa shape index (κ1) is 20.7. The molecule has 0 fully saturated rings. The van der Waals surface area contributed by atoms with Crippen LogP contribution in [0.2, 0.25) is 0 Å². The van der Waals surface area contributed by atoms with Gasteiger partial charge in [-0.25, -0.2) is 0 Å². The molecule has 0 atom stereocenters. The van der Waals surface area contributed by atoms with Crippen LogP contribution in [0.5, 0.6) is 0 Å². The van der Waals surface area contributed by atoms with Gasteiger partial charge in [0.25, 0.3) is 0 Å². The lowest BCUT2D eigenvalue weighted by atomic mass is 10.0. The number of hydrogen-bond donors (Lipinski definition) is 0. The fourth-order valence-electron chi connectivity index (χ4n) is 3.56. The maximum absolute atomic E-state index is 2.32. The summed E-state index contributed by atoms with van der Waals surface area (Å²) in [6.45, 7) is 5.42. The van der Waals surface area contributed by atoms with Crippen LogP contribution in [0.4, 0.5) is 0 Å². The predicted molar refractivity (Wildman–Crippen MR) is 112 cm³/mol. The minimum Gasteiger partial charge on any atom is -0.198 e. The fourth-order valence-corrected chi connectivity index (χ4v) is 3.56. The molecule has 0 amide bonds. The number of hydrogen-bond acceptors (Lipinski definition) is 0. The van der Waals surface area contributed by atoms with Crippen molar-refractivity contribution in [1.29, 1.82) is 0 Å². The number of aromatic nitrogens is 1. The molecule has 0 aliphatic rings. The molecule has 142 valence electrons. The molecule has 0 radical (unpaired) electrons. The molecule has 1 aromatic heterocycles. The molecular formula is C25H38N+. The molecule has 1 heteroatoms. The Hall–Kier alpha value is -1.63. The maximum atomic E-state index is 2.32. The highest BCUT2D eigenvalue weighted by Crippen LogP contribution is 2.13. The van der Waals surface area contributed by atoms with Crippen LogP contribution in [0, 0.1) is 6.92 Å². The molecule has 1 aromatic carbocycles. The molecule has 0 unspecified atom stereocenters. The van der Waals surface area contributed by atoms with Gasteiger partial charge in [-0.2, -0.15) is 4.57 Å².